The van der Waals surface area contributed by atoms with Gasteiger partial charge in [0.1, 0.15) is 0 Å². The van der Waals surface area contributed by atoms with E-state index >= 15 is 0 Å². The van der Waals surface area contributed by atoms with Crippen LogP contribution in [0.1, 0.15) is 46.0 Å². The zero-order valence-corrected chi connectivity index (χ0v) is 11.2. The number of hydrogen-bond donors (Lipinski definition) is 0. The van der Waals surface area contributed by atoms with Crippen molar-refractivity contribution in [1.82, 2.24) is 4.67 Å². The molecule has 3 aliphatic rings. The average molecular weight is 243 g/mol. The summed E-state index contributed by atoms with van der Waals surface area (Å²) in [6.45, 7) is 5.12. The summed E-state index contributed by atoms with van der Waals surface area (Å²) < 4.78 is 14.4. The number of rotatable bonds is 2. The standard InChI is InChI=1S/C12H22NO2P/c1-9(2)15-16-13-11(8-14-16)7-10-5-3-4-6-12(10)13/h9-12H,3-8H2,1-2H3/t10-,11-,12?,16-/m0/s1. The second kappa shape index (κ2) is 4.53. The Morgan fingerprint density at radius 2 is 2.12 bits per heavy atom. The van der Waals surface area contributed by atoms with Gasteiger partial charge in [-0.05, 0) is 39.0 Å². The van der Waals surface area contributed by atoms with Crippen molar-refractivity contribution in [2.24, 2.45) is 5.92 Å². The molecule has 92 valence electrons. The Labute approximate surface area is 99.5 Å². The van der Waals surface area contributed by atoms with E-state index in [0.29, 0.717) is 6.04 Å². The Kier molecular flexibility index (Phi) is 3.23. The first-order chi connectivity index (χ1) is 7.75. The largest absolute Gasteiger partial charge is 0.320 e. The molecule has 4 heteroatoms. The van der Waals surface area contributed by atoms with Crippen LogP contribution in [0.4, 0.5) is 0 Å². The summed E-state index contributed by atoms with van der Waals surface area (Å²) in [5.74, 6) is 0.934. The summed E-state index contributed by atoms with van der Waals surface area (Å²) in [7, 11) is -0.735. The van der Waals surface area contributed by atoms with Gasteiger partial charge in [0.2, 0.25) is 0 Å². The predicted octanol–water partition coefficient (Wildman–Crippen LogP) is 3.30. The van der Waals surface area contributed by atoms with Crippen molar-refractivity contribution in [3.8, 4) is 0 Å². The number of hydrogen-bond acceptors (Lipinski definition) is 3. The lowest BCUT2D eigenvalue weighted by Crippen LogP contribution is -2.32. The van der Waals surface area contributed by atoms with Gasteiger partial charge in [0, 0.05) is 12.1 Å². The summed E-state index contributed by atoms with van der Waals surface area (Å²) in [6, 6.07) is 1.43. The van der Waals surface area contributed by atoms with Gasteiger partial charge in [-0.3, -0.25) is 0 Å². The van der Waals surface area contributed by atoms with Crippen molar-refractivity contribution in [3.63, 3.8) is 0 Å². The van der Waals surface area contributed by atoms with E-state index in [-0.39, 0.29) is 6.10 Å². The van der Waals surface area contributed by atoms with E-state index in [4.69, 9.17) is 9.05 Å². The third kappa shape index (κ3) is 1.92. The average Bonchev–Trinajstić information content (AvgIpc) is 2.77. The molecule has 0 radical (unpaired) electrons. The van der Waals surface area contributed by atoms with Crippen molar-refractivity contribution in [2.75, 3.05) is 6.61 Å². The molecule has 1 aliphatic carbocycles. The Hall–Kier alpha value is 0.310. The SMILES string of the molecule is CC(C)O[P@]1OC[C@@H]2C[C@@H]3CCCCC3N21. The summed E-state index contributed by atoms with van der Waals surface area (Å²) in [6.07, 6.45) is 7.27. The van der Waals surface area contributed by atoms with Crippen LogP contribution >= 0.6 is 8.53 Å². The van der Waals surface area contributed by atoms with Crippen LogP contribution in [0.25, 0.3) is 0 Å². The molecule has 4 atom stereocenters. The highest BCUT2D eigenvalue weighted by Gasteiger charge is 2.50. The first-order valence-corrected chi connectivity index (χ1v) is 7.77. The van der Waals surface area contributed by atoms with Crippen LogP contribution < -0.4 is 0 Å². The van der Waals surface area contributed by atoms with Crippen molar-refractivity contribution in [3.05, 3.63) is 0 Å². The molecule has 0 spiro atoms. The minimum absolute atomic E-state index is 0.285. The van der Waals surface area contributed by atoms with Gasteiger partial charge >= 0.3 is 0 Å². The molecular weight excluding hydrogens is 221 g/mol. The molecule has 2 aliphatic heterocycles. The van der Waals surface area contributed by atoms with Crippen molar-refractivity contribution >= 4 is 8.53 Å². The molecular formula is C12H22NO2P. The van der Waals surface area contributed by atoms with E-state index < -0.39 is 8.53 Å². The van der Waals surface area contributed by atoms with Crippen LogP contribution in [0, 0.1) is 5.92 Å². The lowest BCUT2D eigenvalue weighted by Gasteiger charge is -2.33. The molecule has 2 saturated heterocycles. The minimum Gasteiger partial charge on any atom is -0.320 e. The van der Waals surface area contributed by atoms with Gasteiger partial charge < -0.3 is 9.05 Å². The maximum absolute atomic E-state index is 5.94. The molecule has 3 rings (SSSR count). The smallest absolute Gasteiger partial charge is 0.259 e. The van der Waals surface area contributed by atoms with Gasteiger partial charge in [0.15, 0.2) is 0 Å². The zero-order valence-electron chi connectivity index (χ0n) is 10.3. The maximum atomic E-state index is 5.94. The van der Waals surface area contributed by atoms with E-state index in [2.05, 4.69) is 18.5 Å². The fourth-order valence-corrected chi connectivity index (χ4v) is 5.36. The quantitative estimate of drug-likeness (QED) is 0.694. The number of fused-ring (bicyclic) bond motifs is 3. The summed E-state index contributed by atoms with van der Waals surface area (Å²) in [5.41, 5.74) is 0. The predicted molar refractivity (Wildman–Crippen MR) is 65.1 cm³/mol. The van der Waals surface area contributed by atoms with Crippen molar-refractivity contribution < 1.29 is 9.05 Å². The van der Waals surface area contributed by atoms with E-state index in [1.807, 2.05) is 0 Å². The van der Waals surface area contributed by atoms with E-state index in [0.717, 1.165) is 18.6 Å². The minimum atomic E-state index is -0.735. The number of nitrogens with zero attached hydrogens (tertiary/aromatic N) is 1. The van der Waals surface area contributed by atoms with Gasteiger partial charge in [0.05, 0.1) is 12.7 Å². The van der Waals surface area contributed by atoms with Gasteiger partial charge in [0.25, 0.3) is 8.53 Å². The fourth-order valence-electron chi connectivity index (χ4n) is 3.42. The highest BCUT2D eigenvalue weighted by Crippen LogP contribution is 2.59. The molecule has 0 N–H and O–H groups in total. The van der Waals surface area contributed by atoms with Crippen molar-refractivity contribution in [1.29, 1.82) is 0 Å². The molecule has 0 bridgehead atoms. The lowest BCUT2D eigenvalue weighted by molar-refractivity contribution is 0.188. The normalized spacial score (nSPS) is 43.7. The second-order valence-electron chi connectivity index (χ2n) is 5.57. The lowest BCUT2D eigenvalue weighted by atomic mass is 9.85. The molecule has 1 saturated carbocycles. The van der Waals surface area contributed by atoms with Crippen LogP contribution in [-0.4, -0.2) is 29.5 Å². The van der Waals surface area contributed by atoms with Crippen LogP contribution in [0.2, 0.25) is 0 Å². The molecule has 3 fully saturated rings. The highest BCUT2D eigenvalue weighted by atomic mass is 31.2. The van der Waals surface area contributed by atoms with Gasteiger partial charge in [-0.15, -0.1) is 0 Å². The Morgan fingerprint density at radius 1 is 1.31 bits per heavy atom. The van der Waals surface area contributed by atoms with Gasteiger partial charge in [-0.2, -0.15) is 0 Å². The molecule has 2 heterocycles. The van der Waals surface area contributed by atoms with Crippen LogP contribution in [0.15, 0.2) is 0 Å². The van der Waals surface area contributed by atoms with Gasteiger partial charge in [-0.1, -0.05) is 12.8 Å². The third-order valence-electron chi connectivity index (χ3n) is 4.02. The van der Waals surface area contributed by atoms with E-state index in [1.165, 1.54) is 32.1 Å². The third-order valence-corrected chi connectivity index (χ3v) is 6.00. The van der Waals surface area contributed by atoms with Crippen molar-refractivity contribution in [2.45, 2.75) is 64.1 Å². The molecule has 0 amide bonds. The first-order valence-electron chi connectivity index (χ1n) is 6.64. The molecule has 0 aromatic carbocycles. The Balaban J connectivity index is 1.71. The molecule has 1 unspecified atom stereocenters. The first kappa shape index (κ1) is 11.4. The van der Waals surface area contributed by atoms with E-state index in [1.54, 1.807) is 0 Å². The summed E-state index contributed by atoms with van der Waals surface area (Å²) >= 11 is 0. The molecule has 16 heavy (non-hydrogen) atoms. The van der Waals surface area contributed by atoms with Gasteiger partial charge in [-0.25, -0.2) is 4.67 Å². The Morgan fingerprint density at radius 3 is 2.94 bits per heavy atom. The molecule has 0 aromatic heterocycles. The summed E-state index contributed by atoms with van der Waals surface area (Å²) in [5, 5.41) is 0. The van der Waals surface area contributed by atoms with Crippen LogP contribution in [0.3, 0.4) is 0 Å². The van der Waals surface area contributed by atoms with E-state index in [9.17, 15) is 0 Å². The van der Waals surface area contributed by atoms with Crippen LogP contribution in [0.5, 0.6) is 0 Å². The maximum Gasteiger partial charge on any atom is 0.259 e. The zero-order chi connectivity index (χ0) is 11.1. The second-order valence-corrected chi connectivity index (χ2v) is 6.98. The summed E-state index contributed by atoms with van der Waals surface area (Å²) in [4.78, 5) is 0. The monoisotopic (exact) mass is 243 g/mol. The van der Waals surface area contributed by atoms with Crippen LogP contribution in [-0.2, 0) is 9.05 Å². The molecule has 0 aromatic rings. The fraction of sp³-hybridized carbons (Fsp3) is 1.00. The highest BCUT2D eigenvalue weighted by molar-refractivity contribution is 7.45. The Bertz CT molecular complexity index is 261. The topological polar surface area (TPSA) is 21.7 Å². The molecule has 3 nitrogen and oxygen atoms in total.